The summed E-state index contributed by atoms with van der Waals surface area (Å²) >= 11 is 0. The highest BCUT2D eigenvalue weighted by Gasteiger charge is 2.27. The van der Waals surface area contributed by atoms with Gasteiger partial charge in [0.2, 0.25) is 0 Å². The zero-order chi connectivity index (χ0) is 16.2. The number of carbonyl (C=O) groups excluding carboxylic acids is 1. The quantitative estimate of drug-likeness (QED) is 0.501. The molecule has 0 saturated heterocycles. The minimum Gasteiger partial charge on any atom is -0.507 e. The van der Waals surface area contributed by atoms with E-state index in [1.54, 1.807) is 24.4 Å². The van der Waals surface area contributed by atoms with Crippen LogP contribution in [0, 0.1) is 5.41 Å². The number of amides is 1. The van der Waals surface area contributed by atoms with Crippen molar-refractivity contribution in [2.24, 2.45) is 10.5 Å². The summed E-state index contributed by atoms with van der Waals surface area (Å²) in [4.78, 5) is 11.9. The average Bonchev–Trinajstić information content (AvgIpc) is 2.45. The van der Waals surface area contributed by atoms with Crippen LogP contribution in [0.4, 0.5) is 0 Å². The topological polar surface area (TPSA) is 61.7 Å². The van der Waals surface area contributed by atoms with Gasteiger partial charge in [-0.3, -0.25) is 4.79 Å². The highest BCUT2D eigenvalue weighted by molar-refractivity contribution is 5.96. The minimum atomic E-state index is -0.400. The lowest BCUT2D eigenvalue weighted by Crippen LogP contribution is -2.21. The summed E-state index contributed by atoms with van der Waals surface area (Å²) in [7, 11) is 0. The average molecular weight is 300 g/mol. The van der Waals surface area contributed by atoms with E-state index in [0.717, 1.165) is 12.8 Å². The molecule has 1 aromatic rings. The summed E-state index contributed by atoms with van der Waals surface area (Å²) in [5.41, 5.74) is 5.76. The van der Waals surface area contributed by atoms with Crippen LogP contribution < -0.4 is 5.43 Å². The van der Waals surface area contributed by atoms with Crippen LogP contribution in [-0.2, 0) is 0 Å². The van der Waals surface area contributed by atoms with E-state index in [-0.39, 0.29) is 16.7 Å². The molecule has 0 radical (unpaired) electrons. The first-order valence-corrected chi connectivity index (χ1v) is 7.71. The molecule has 0 spiro atoms. The number of hydrogen-bond acceptors (Lipinski definition) is 3. The fourth-order valence-corrected chi connectivity index (χ4v) is 3.09. The van der Waals surface area contributed by atoms with Crippen LogP contribution >= 0.6 is 0 Å². The number of aromatic hydroxyl groups is 1. The molecule has 1 aliphatic rings. The zero-order valence-corrected chi connectivity index (χ0v) is 13.5. The maximum absolute atomic E-state index is 11.9. The second-order valence-electron chi connectivity index (χ2n) is 6.47. The molecule has 0 unspecified atom stereocenters. The summed E-state index contributed by atoms with van der Waals surface area (Å²) < 4.78 is 0. The van der Waals surface area contributed by atoms with E-state index in [4.69, 9.17) is 0 Å². The number of phenols is 1. The molecule has 1 aromatic carbocycles. The number of rotatable bonds is 4. The zero-order valence-electron chi connectivity index (χ0n) is 13.5. The number of phenolic OH excluding ortho intramolecular Hbond substituents is 1. The van der Waals surface area contributed by atoms with Crippen LogP contribution in [-0.4, -0.2) is 17.2 Å². The fraction of sp³-hybridized carbons (Fsp3) is 0.444. The van der Waals surface area contributed by atoms with E-state index in [9.17, 15) is 9.90 Å². The lowest BCUT2D eigenvalue weighted by molar-refractivity contribution is 0.0952. The second-order valence-corrected chi connectivity index (χ2v) is 6.47. The van der Waals surface area contributed by atoms with Crippen molar-refractivity contribution >= 4 is 12.1 Å². The Bertz CT molecular complexity index is 615. The van der Waals surface area contributed by atoms with Crippen molar-refractivity contribution in [1.29, 1.82) is 0 Å². The van der Waals surface area contributed by atoms with Gasteiger partial charge in [-0.05, 0) is 43.7 Å². The van der Waals surface area contributed by atoms with Gasteiger partial charge in [0.05, 0.1) is 5.56 Å². The van der Waals surface area contributed by atoms with Crippen molar-refractivity contribution in [2.75, 3.05) is 0 Å². The van der Waals surface area contributed by atoms with Gasteiger partial charge in [0.25, 0.3) is 5.91 Å². The summed E-state index contributed by atoms with van der Waals surface area (Å²) in [5, 5.41) is 13.6. The van der Waals surface area contributed by atoms with Crippen molar-refractivity contribution in [1.82, 2.24) is 5.43 Å². The third-order valence-corrected chi connectivity index (χ3v) is 4.39. The highest BCUT2D eigenvalue weighted by atomic mass is 16.3. The minimum absolute atomic E-state index is 0.0397. The number of carbonyl (C=O) groups is 1. The summed E-state index contributed by atoms with van der Waals surface area (Å²) in [5.74, 6) is -0.440. The normalized spacial score (nSPS) is 17.8. The van der Waals surface area contributed by atoms with E-state index in [2.05, 4.69) is 31.3 Å². The van der Waals surface area contributed by atoms with Gasteiger partial charge in [-0.25, -0.2) is 5.43 Å². The predicted octanol–water partition coefficient (Wildman–Crippen LogP) is 4.02. The van der Waals surface area contributed by atoms with Gasteiger partial charge in [0, 0.05) is 12.6 Å². The molecule has 2 N–H and O–H groups in total. The number of para-hydroxylation sites is 1. The molecule has 1 amide bonds. The van der Waals surface area contributed by atoms with Gasteiger partial charge in [-0.15, -0.1) is 0 Å². The van der Waals surface area contributed by atoms with E-state index in [0.29, 0.717) is 0 Å². The number of allylic oxidation sites excluding steroid dienone is 2. The Kier molecular flexibility index (Phi) is 5.01. The van der Waals surface area contributed by atoms with Crippen molar-refractivity contribution in [3.05, 3.63) is 41.0 Å². The van der Waals surface area contributed by atoms with Crippen LogP contribution in [0.15, 0.2) is 40.5 Å². The maximum atomic E-state index is 11.9. The Morgan fingerprint density at radius 3 is 2.82 bits per heavy atom. The van der Waals surface area contributed by atoms with Crippen molar-refractivity contribution in [3.63, 3.8) is 0 Å². The third kappa shape index (κ3) is 3.75. The molecular weight excluding hydrogens is 276 g/mol. The largest absolute Gasteiger partial charge is 0.507 e. The van der Waals surface area contributed by atoms with Crippen molar-refractivity contribution in [3.8, 4) is 5.75 Å². The predicted molar refractivity (Wildman–Crippen MR) is 89.0 cm³/mol. The molecule has 0 fully saturated rings. The number of hydrogen-bond donors (Lipinski definition) is 2. The third-order valence-electron chi connectivity index (χ3n) is 4.39. The van der Waals surface area contributed by atoms with Crippen LogP contribution in [0.5, 0.6) is 5.75 Å². The molecule has 118 valence electrons. The van der Waals surface area contributed by atoms with Gasteiger partial charge in [0.1, 0.15) is 5.75 Å². The number of nitrogens with zero attached hydrogens (tertiary/aromatic N) is 1. The highest BCUT2D eigenvalue weighted by Crippen LogP contribution is 2.41. The number of hydrazone groups is 1. The van der Waals surface area contributed by atoms with E-state index >= 15 is 0 Å². The first kappa shape index (κ1) is 16.3. The Hall–Kier alpha value is -2.10. The van der Waals surface area contributed by atoms with Crippen LogP contribution in [0.25, 0.3) is 0 Å². The molecule has 4 nitrogen and oxygen atoms in total. The molecule has 2 rings (SSSR count). The molecule has 4 heteroatoms. The molecule has 0 atom stereocenters. The number of nitrogens with one attached hydrogen (secondary N) is 1. The Balaban J connectivity index is 1.96. The Morgan fingerprint density at radius 2 is 2.14 bits per heavy atom. The van der Waals surface area contributed by atoms with Gasteiger partial charge in [-0.1, -0.05) is 37.1 Å². The first-order chi connectivity index (χ1) is 10.4. The van der Waals surface area contributed by atoms with E-state index in [1.807, 2.05) is 0 Å². The maximum Gasteiger partial charge on any atom is 0.275 e. The molecule has 0 bridgehead atoms. The molecule has 0 aliphatic heterocycles. The van der Waals surface area contributed by atoms with Crippen LogP contribution in [0.1, 0.15) is 56.8 Å². The summed E-state index contributed by atoms with van der Waals surface area (Å²) in [6, 6.07) is 6.43. The smallest absolute Gasteiger partial charge is 0.275 e. The Morgan fingerprint density at radius 1 is 1.41 bits per heavy atom. The lowest BCUT2D eigenvalue weighted by atomic mass is 9.72. The van der Waals surface area contributed by atoms with Gasteiger partial charge in [0.15, 0.2) is 0 Å². The fourth-order valence-electron chi connectivity index (χ4n) is 3.09. The standard InChI is InChI=1S/C18H24N2O2/c1-13-7-6-11-18(2,3)15(13)10-12-19-20-17(22)14-8-4-5-9-16(14)21/h4-5,8-9,12,21H,6-7,10-11H2,1-3H3,(H,20,22)/b19-12+. The van der Waals surface area contributed by atoms with Gasteiger partial charge < -0.3 is 5.11 Å². The lowest BCUT2D eigenvalue weighted by Gasteiger charge is -2.34. The van der Waals surface area contributed by atoms with E-state index < -0.39 is 5.91 Å². The molecule has 1 aliphatic carbocycles. The van der Waals surface area contributed by atoms with Gasteiger partial charge in [-0.2, -0.15) is 5.10 Å². The van der Waals surface area contributed by atoms with Crippen molar-refractivity contribution < 1.29 is 9.90 Å². The molecular formula is C18H24N2O2. The Labute approximate surface area is 131 Å². The molecule has 0 aromatic heterocycles. The number of benzene rings is 1. The van der Waals surface area contributed by atoms with Crippen molar-refractivity contribution in [2.45, 2.75) is 46.5 Å². The van der Waals surface area contributed by atoms with E-state index in [1.165, 1.54) is 30.1 Å². The molecule has 22 heavy (non-hydrogen) atoms. The van der Waals surface area contributed by atoms with Gasteiger partial charge >= 0.3 is 0 Å². The SMILES string of the molecule is CC1=C(C/C=N/NC(=O)c2ccccc2O)C(C)(C)CCC1. The molecule has 0 saturated carbocycles. The summed E-state index contributed by atoms with van der Waals surface area (Å²) in [6.45, 7) is 6.71. The summed E-state index contributed by atoms with van der Waals surface area (Å²) in [6.07, 6.45) is 6.07. The second kappa shape index (κ2) is 6.77. The first-order valence-electron chi connectivity index (χ1n) is 7.71. The van der Waals surface area contributed by atoms with Crippen LogP contribution in [0.2, 0.25) is 0 Å². The monoisotopic (exact) mass is 300 g/mol. The van der Waals surface area contributed by atoms with Crippen LogP contribution in [0.3, 0.4) is 0 Å². The molecule has 0 heterocycles.